The van der Waals surface area contributed by atoms with Crippen molar-refractivity contribution in [3.63, 3.8) is 0 Å². The van der Waals surface area contributed by atoms with E-state index in [1.54, 1.807) is 30.3 Å². The highest BCUT2D eigenvalue weighted by Crippen LogP contribution is 2.48. The Labute approximate surface area is 261 Å². The first-order chi connectivity index (χ1) is 20.9. The Balaban J connectivity index is 1.38. The molecule has 2 aliphatic carbocycles. The average Bonchev–Trinajstić information content (AvgIpc) is 3.09. The summed E-state index contributed by atoms with van der Waals surface area (Å²) in [5, 5.41) is 2.75. The summed E-state index contributed by atoms with van der Waals surface area (Å²) in [6.45, 7) is 0.447. The van der Waals surface area contributed by atoms with Crippen molar-refractivity contribution in [1.29, 1.82) is 0 Å². The number of nitrogens with zero attached hydrogens (tertiary/aromatic N) is 1. The van der Waals surface area contributed by atoms with Crippen LogP contribution in [0.3, 0.4) is 0 Å². The molecule has 2 bridgehead atoms. The molecular weight excluding hydrogens is 615 g/mol. The van der Waals surface area contributed by atoms with Crippen molar-refractivity contribution in [3.05, 3.63) is 52.0 Å². The van der Waals surface area contributed by atoms with Gasteiger partial charge in [-0.25, -0.2) is 13.1 Å². The lowest BCUT2D eigenvalue weighted by Crippen LogP contribution is -2.48. The third-order valence-corrected chi connectivity index (χ3v) is 11.6. The zero-order chi connectivity index (χ0) is 31.1. The molecule has 2 aliphatic heterocycles. The number of ether oxygens (including phenoxy) is 1. The van der Waals surface area contributed by atoms with Crippen LogP contribution in [0.5, 0.6) is 5.75 Å². The van der Waals surface area contributed by atoms with Crippen LogP contribution in [0.25, 0.3) is 0 Å². The van der Waals surface area contributed by atoms with Gasteiger partial charge < -0.3 is 15.0 Å². The maximum absolute atomic E-state index is 13.1. The topological polar surface area (TPSA) is 87.7 Å². The monoisotopic (exact) mass is 653 g/mol. The van der Waals surface area contributed by atoms with E-state index in [0.717, 1.165) is 74.7 Å². The van der Waals surface area contributed by atoms with E-state index >= 15 is 0 Å². The summed E-state index contributed by atoms with van der Waals surface area (Å²) in [6, 6.07) is 8.60. The fourth-order valence-corrected chi connectivity index (χ4v) is 8.80. The molecule has 4 aliphatic rings. The highest BCUT2D eigenvalue weighted by molar-refractivity contribution is 7.90. The van der Waals surface area contributed by atoms with Crippen LogP contribution >= 0.6 is 11.6 Å². The zero-order valence-corrected chi connectivity index (χ0v) is 26.2. The molecule has 6 rings (SSSR count). The molecule has 12 heteroatoms. The molecule has 2 heterocycles. The van der Waals surface area contributed by atoms with Crippen LogP contribution < -0.4 is 19.7 Å². The number of anilines is 2. The molecule has 2 aromatic carbocycles. The zero-order valence-electron chi connectivity index (χ0n) is 24.6. The minimum Gasteiger partial charge on any atom is -0.490 e. The van der Waals surface area contributed by atoms with E-state index in [1.165, 1.54) is 6.42 Å². The Kier molecular flexibility index (Phi) is 8.73. The van der Waals surface area contributed by atoms with Crippen molar-refractivity contribution in [3.8, 4) is 5.75 Å². The summed E-state index contributed by atoms with van der Waals surface area (Å²) >= 11 is 6.46. The Bertz CT molecular complexity index is 1520. The molecule has 44 heavy (non-hydrogen) atoms. The number of halogens is 4. The summed E-state index contributed by atoms with van der Waals surface area (Å²) in [5.41, 5.74) is 2.65. The number of nitrogens with one attached hydrogen (secondary N) is 2. The van der Waals surface area contributed by atoms with Crippen LogP contribution in [0.4, 0.5) is 24.5 Å². The molecule has 2 N–H and O–H groups in total. The number of rotatable bonds is 2. The third-order valence-electron chi connectivity index (χ3n) is 9.92. The molecule has 3 atom stereocenters. The first-order valence-corrected chi connectivity index (χ1v) is 17.6. The van der Waals surface area contributed by atoms with Crippen LogP contribution in [0, 0.1) is 11.8 Å². The van der Waals surface area contributed by atoms with Crippen LogP contribution in [0.2, 0.25) is 5.02 Å². The molecule has 0 aromatic heterocycles. The summed E-state index contributed by atoms with van der Waals surface area (Å²) in [7, 11) is -3.77. The van der Waals surface area contributed by atoms with E-state index in [4.69, 9.17) is 16.3 Å². The van der Waals surface area contributed by atoms with Gasteiger partial charge in [-0.3, -0.25) is 4.79 Å². The van der Waals surface area contributed by atoms with E-state index < -0.39 is 34.1 Å². The van der Waals surface area contributed by atoms with Crippen molar-refractivity contribution in [2.45, 2.75) is 75.8 Å². The molecule has 0 saturated heterocycles. The first-order valence-electron chi connectivity index (χ1n) is 15.6. The smallest absolute Gasteiger partial charge is 0.405 e. The van der Waals surface area contributed by atoms with Gasteiger partial charge in [0.1, 0.15) is 12.3 Å². The van der Waals surface area contributed by atoms with Crippen molar-refractivity contribution >= 4 is 38.9 Å². The standard InChI is InChI=1S/C32H39ClF3N3O4S/c33-26-14-22-7-5-12-31(25(22)16-27(26)37-18-32(34,35)36)19-39-17-24-9-8-21(24)6-3-1-2-4-13-44(41,42)38-30(40)23-10-11-29(43-20-31)28(39)15-23/h10-11,14-16,21,24,37H,1-9,12-13,17-20H2,(H,38,40)/t21-,24+,31+/m1/s1. The van der Waals surface area contributed by atoms with Gasteiger partial charge in [0.2, 0.25) is 10.0 Å². The molecule has 1 saturated carbocycles. The lowest BCUT2D eigenvalue weighted by molar-refractivity contribution is -0.115. The fraction of sp³-hybridized carbons (Fsp3) is 0.594. The minimum atomic E-state index is -4.39. The molecule has 1 fully saturated rings. The van der Waals surface area contributed by atoms with E-state index in [1.807, 2.05) is 0 Å². The average molecular weight is 654 g/mol. The van der Waals surface area contributed by atoms with E-state index in [9.17, 15) is 26.4 Å². The van der Waals surface area contributed by atoms with Gasteiger partial charge in [0.15, 0.2) is 0 Å². The molecule has 0 radical (unpaired) electrons. The largest absolute Gasteiger partial charge is 0.490 e. The number of amides is 1. The molecule has 7 nitrogen and oxygen atoms in total. The maximum atomic E-state index is 13.1. The summed E-state index contributed by atoms with van der Waals surface area (Å²) in [6.07, 6.45) is 4.75. The van der Waals surface area contributed by atoms with E-state index in [2.05, 4.69) is 14.9 Å². The van der Waals surface area contributed by atoms with E-state index in [-0.39, 0.29) is 22.0 Å². The number of carbonyl (C=O) groups excluding carboxylic acids is 1. The van der Waals surface area contributed by atoms with Gasteiger partial charge >= 0.3 is 6.18 Å². The molecule has 240 valence electrons. The van der Waals surface area contributed by atoms with Crippen LogP contribution in [0.1, 0.15) is 79.3 Å². The van der Waals surface area contributed by atoms with Crippen molar-refractivity contribution < 1.29 is 31.1 Å². The Morgan fingerprint density at radius 2 is 1.84 bits per heavy atom. The fourth-order valence-electron chi connectivity index (χ4n) is 7.46. The second-order valence-electron chi connectivity index (χ2n) is 13.0. The SMILES string of the molecule is O=C1NS(=O)(=O)CCCCCC[C@@H]2CC[C@H]2CN2C[C@@]3(CCCc4cc(Cl)c(NCC(F)(F)F)cc43)COc3ccc1cc32. The Morgan fingerprint density at radius 1 is 1.05 bits per heavy atom. The maximum Gasteiger partial charge on any atom is 0.405 e. The lowest BCUT2D eigenvalue weighted by Gasteiger charge is -2.45. The van der Waals surface area contributed by atoms with Gasteiger partial charge in [-0.15, -0.1) is 0 Å². The van der Waals surface area contributed by atoms with Crippen molar-refractivity contribution in [2.24, 2.45) is 11.8 Å². The molecule has 1 spiro atoms. The second kappa shape index (κ2) is 12.3. The highest BCUT2D eigenvalue weighted by atomic mass is 35.5. The van der Waals surface area contributed by atoms with Crippen LogP contribution in [0.15, 0.2) is 30.3 Å². The number of benzene rings is 2. The van der Waals surface area contributed by atoms with Crippen LogP contribution in [-0.4, -0.2) is 52.5 Å². The normalized spacial score (nSPS) is 27.2. The number of alkyl halides is 3. The number of hydrogen-bond acceptors (Lipinski definition) is 6. The second-order valence-corrected chi connectivity index (χ2v) is 15.2. The number of sulfonamides is 1. The Morgan fingerprint density at radius 3 is 2.61 bits per heavy atom. The van der Waals surface area contributed by atoms with Gasteiger partial charge in [0, 0.05) is 24.1 Å². The number of carbonyl (C=O) groups is 1. The summed E-state index contributed by atoms with van der Waals surface area (Å²) < 4.78 is 73.3. The van der Waals surface area contributed by atoms with Gasteiger partial charge in [-0.1, -0.05) is 37.3 Å². The first kappa shape index (κ1) is 31.3. The molecule has 0 unspecified atom stereocenters. The van der Waals surface area contributed by atoms with Gasteiger partial charge in [-0.05, 0) is 91.8 Å². The van der Waals surface area contributed by atoms with E-state index in [0.29, 0.717) is 37.2 Å². The van der Waals surface area contributed by atoms with Gasteiger partial charge in [0.25, 0.3) is 5.91 Å². The van der Waals surface area contributed by atoms with Crippen molar-refractivity contribution in [1.82, 2.24) is 4.72 Å². The predicted molar refractivity (Wildman–Crippen MR) is 165 cm³/mol. The molecular formula is C32H39ClF3N3O4S. The number of hydrogen-bond donors (Lipinski definition) is 2. The lowest BCUT2D eigenvalue weighted by atomic mass is 9.68. The highest BCUT2D eigenvalue weighted by Gasteiger charge is 2.44. The van der Waals surface area contributed by atoms with Gasteiger partial charge in [-0.2, -0.15) is 13.2 Å². The quantitative estimate of drug-likeness (QED) is 0.369. The van der Waals surface area contributed by atoms with Crippen LogP contribution in [-0.2, 0) is 21.9 Å². The molecule has 2 aromatic rings. The summed E-state index contributed by atoms with van der Waals surface area (Å²) in [4.78, 5) is 15.4. The summed E-state index contributed by atoms with van der Waals surface area (Å²) in [5.74, 6) is 0.906. The van der Waals surface area contributed by atoms with Gasteiger partial charge in [0.05, 0.1) is 28.8 Å². The Hall–Kier alpha value is -2.66. The molecule has 1 amide bonds. The van der Waals surface area contributed by atoms with Crippen molar-refractivity contribution in [2.75, 3.05) is 42.2 Å². The predicted octanol–water partition coefficient (Wildman–Crippen LogP) is 6.84. The number of aryl methyl sites for hydroxylation is 1. The number of fused-ring (bicyclic) bond motifs is 4. The third kappa shape index (κ3) is 6.78. The minimum absolute atomic E-state index is 0.0866.